The van der Waals surface area contributed by atoms with Crippen LogP contribution in [0.15, 0.2) is 47.4 Å². The molecule has 0 atom stereocenters. The van der Waals surface area contributed by atoms with Crippen molar-refractivity contribution in [1.29, 1.82) is 0 Å². The number of nitrogens with zero attached hydrogens (tertiary/aromatic N) is 1. The van der Waals surface area contributed by atoms with Gasteiger partial charge in [-0.2, -0.15) is 0 Å². The van der Waals surface area contributed by atoms with Crippen molar-refractivity contribution in [3.8, 4) is 0 Å². The summed E-state index contributed by atoms with van der Waals surface area (Å²) in [4.78, 5) is 0.278. The van der Waals surface area contributed by atoms with Crippen LogP contribution < -0.4 is 5.32 Å². The van der Waals surface area contributed by atoms with Crippen molar-refractivity contribution in [2.45, 2.75) is 18.0 Å². The smallest absolute Gasteiger partial charge is 0.242 e. The Balaban J connectivity index is 2.00. The minimum absolute atomic E-state index is 0.278. The van der Waals surface area contributed by atoms with E-state index in [2.05, 4.69) is 5.32 Å². The van der Waals surface area contributed by atoms with Crippen molar-refractivity contribution < 1.29 is 8.42 Å². The lowest BCUT2D eigenvalue weighted by Gasteiger charge is -2.12. The average molecular weight is 373 g/mol. The lowest BCUT2D eigenvalue weighted by atomic mass is 10.2. The van der Waals surface area contributed by atoms with E-state index in [0.717, 1.165) is 11.1 Å². The third-order valence-corrected chi connectivity index (χ3v) is 5.93. The minimum atomic E-state index is -3.39. The maximum Gasteiger partial charge on any atom is 0.242 e. The number of hydrogen-bond donors (Lipinski definition) is 1. The van der Waals surface area contributed by atoms with Crippen molar-refractivity contribution in [3.05, 3.63) is 63.6 Å². The first-order valence-corrected chi connectivity index (χ1v) is 9.17. The molecule has 0 saturated heterocycles. The zero-order chi connectivity index (χ0) is 17.0. The fourth-order valence-electron chi connectivity index (χ4n) is 2.02. The highest BCUT2D eigenvalue weighted by Crippen LogP contribution is 2.24. The van der Waals surface area contributed by atoms with Crippen molar-refractivity contribution in [3.63, 3.8) is 0 Å². The molecule has 0 unspecified atom stereocenters. The number of benzene rings is 2. The number of halogens is 2. The molecule has 0 radical (unpaired) electrons. The zero-order valence-corrected chi connectivity index (χ0v) is 15.2. The second kappa shape index (κ2) is 7.64. The van der Waals surface area contributed by atoms with Gasteiger partial charge in [-0.25, -0.2) is 12.7 Å². The lowest BCUT2D eigenvalue weighted by molar-refractivity contribution is 0.520. The van der Waals surface area contributed by atoms with E-state index in [1.54, 1.807) is 42.5 Å². The summed E-state index contributed by atoms with van der Waals surface area (Å²) in [7, 11) is -0.366. The predicted octanol–water partition coefficient (Wildman–Crippen LogP) is 3.53. The largest absolute Gasteiger partial charge is 0.309 e. The molecule has 124 valence electrons. The molecule has 7 heteroatoms. The Bertz CT molecular complexity index is 755. The van der Waals surface area contributed by atoms with E-state index >= 15 is 0 Å². The van der Waals surface area contributed by atoms with Crippen LogP contribution in [0, 0.1) is 0 Å². The quantitative estimate of drug-likeness (QED) is 0.843. The van der Waals surface area contributed by atoms with Gasteiger partial charge in [0.15, 0.2) is 0 Å². The third-order valence-electron chi connectivity index (χ3n) is 3.39. The van der Waals surface area contributed by atoms with Crippen LogP contribution in [0.5, 0.6) is 0 Å². The van der Waals surface area contributed by atoms with Crippen LogP contribution in [0.4, 0.5) is 0 Å². The van der Waals surface area contributed by atoms with E-state index in [0.29, 0.717) is 23.1 Å². The summed E-state index contributed by atoms with van der Waals surface area (Å²) in [5.74, 6) is 0. The van der Waals surface area contributed by atoms with Gasteiger partial charge >= 0.3 is 0 Å². The molecule has 2 aromatic rings. The Morgan fingerprint density at radius 1 is 0.957 bits per heavy atom. The van der Waals surface area contributed by atoms with E-state index in [-0.39, 0.29) is 4.90 Å². The van der Waals surface area contributed by atoms with Gasteiger partial charge in [0.2, 0.25) is 10.0 Å². The zero-order valence-electron chi connectivity index (χ0n) is 12.9. The van der Waals surface area contributed by atoms with E-state index < -0.39 is 10.0 Å². The molecule has 0 bridgehead atoms. The standard InChI is InChI=1S/C16H18Cl2N2O2S/c1-20(2)23(21,22)13-8-6-12(7-9-13)10-19-11-14-15(17)4-3-5-16(14)18/h3-9,19H,10-11H2,1-2H3. The molecule has 0 saturated carbocycles. The monoisotopic (exact) mass is 372 g/mol. The lowest BCUT2D eigenvalue weighted by Crippen LogP contribution is -2.22. The predicted molar refractivity (Wildman–Crippen MR) is 94.3 cm³/mol. The molecule has 4 nitrogen and oxygen atoms in total. The van der Waals surface area contributed by atoms with Crippen LogP contribution >= 0.6 is 23.2 Å². The number of nitrogens with one attached hydrogen (secondary N) is 1. The van der Waals surface area contributed by atoms with Gasteiger partial charge in [-0.05, 0) is 29.8 Å². The van der Waals surface area contributed by atoms with E-state index in [9.17, 15) is 8.42 Å². The van der Waals surface area contributed by atoms with Gasteiger partial charge in [0.1, 0.15) is 0 Å². The van der Waals surface area contributed by atoms with Crippen molar-refractivity contribution in [2.75, 3.05) is 14.1 Å². The van der Waals surface area contributed by atoms with Crippen LogP contribution in [-0.2, 0) is 23.1 Å². The molecule has 0 aliphatic carbocycles. The Morgan fingerprint density at radius 3 is 2.04 bits per heavy atom. The van der Waals surface area contributed by atoms with Gasteiger partial charge in [0, 0.05) is 42.8 Å². The van der Waals surface area contributed by atoms with Gasteiger partial charge < -0.3 is 5.32 Å². The molecule has 0 aromatic heterocycles. The summed E-state index contributed by atoms with van der Waals surface area (Å²) in [5.41, 5.74) is 1.83. The highest BCUT2D eigenvalue weighted by atomic mass is 35.5. The van der Waals surface area contributed by atoms with Gasteiger partial charge in [0.05, 0.1) is 4.90 Å². The summed E-state index contributed by atoms with van der Waals surface area (Å²) < 4.78 is 25.2. The van der Waals surface area contributed by atoms with Crippen LogP contribution in [0.1, 0.15) is 11.1 Å². The van der Waals surface area contributed by atoms with Crippen molar-refractivity contribution >= 4 is 33.2 Å². The molecule has 0 spiro atoms. The molecule has 23 heavy (non-hydrogen) atoms. The Hall–Kier alpha value is -1.11. The van der Waals surface area contributed by atoms with Gasteiger partial charge in [-0.15, -0.1) is 0 Å². The summed E-state index contributed by atoms with van der Waals surface area (Å²) >= 11 is 12.2. The fourth-order valence-corrected chi connectivity index (χ4v) is 3.46. The molecular formula is C16H18Cl2N2O2S. The van der Waals surface area contributed by atoms with Gasteiger partial charge in [-0.1, -0.05) is 41.4 Å². The van der Waals surface area contributed by atoms with E-state index in [1.807, 2.05) is 0 Å². The number of hydrogen-bond acceptors (Lipinski definition) is 3. The third kappa shape index (κ3) is 4.46. The van der Waals surface area contributed by atoms with E-state index in [4.69, 9.17) is 23.2 Å². The molecule has 0 aliphatic heterocycles. The summed E-state index contributed by atoms with van der Waals surface area (Å²) in [6.45, 7) is 1.13. The molecule has 0 heterocycles. The maximum atomic E-state index is 12.0. The molecular weight excluding hydrogens is 355 g/mol. The minimum Gasteiger partial charge on any atom is -0.309 e. The first-order chi connectivity index (χ1) is 10.8. The average Bonchev–Trinajstić information content (AvgIpc) is 2.50. The van der Waals surface area contributed by atoms with Crippen LogP contribution in [-0.4, -0.2) is 26.8 Å². The maximum absolute atomic E-state index is 12.0. The van der Waals surface area contributed by atoms with Crippen molar-refractivity contribution in [2.24, 2.45) is 0 Å². The van der Waals surface area contributed by atoms with Crippen LogP contribution in [0.25, 0.3) is 0 Å². The Labute approximate surface area is 147 Å². The Kier molecular flexibility index (Phi) is 6.06. The summed E-state index contributed by atoms with van der Waals surface area (Å²) in [6.07, 6.45) is 0. The van der Waals surface area contributed by atoms with Gasteiger partial charge in [0.25, 0.3) is 0 Å². The molecule has 0 aliphatic rings. The molecule has 1 N–H and O–H groups in total. The topological polar surface area (TPSA) is 49.4 Å². The molecule has 0 fully saturated rings. The highest BCUT2D eigenvalue weighted by Gasteiger charge is 2.16. The first-order valence-electron chi connectivity index (χ1n) is 6.97. The number of rotatable bonds is 6. The second-order valence-electron chi connectivity index (χ2n) is 5.24. The molecule has 2 rings (SSSR count). The SMILES string of the molecule is CN(C)S(=O)(=O)c1ccc(CNCc2c(Cl)cccc2Cl)cc1. The molecule has 0 amide bonds. The normalized spacial score (nSPS) is 11.9. The second-order valence-corrected chi connectivity index (χ2v) is 8.20. The highest BCUT2D eigenvalue weighted by molar-refractivity contribution is 7.89. The van der Waals surface area contributed by atoms with Gasteiger partial charge in [-0.3, -0.25) is 0 Å². The summed E-state index contributed by atoms with van der Waals surface area (Å²) in [6, 6.07) is 12.2. The van der Waals surface area contributed by atoms with Crippen LogP contribution in [0.3, 0.4) is 0 Å². The van der Waals surface area contributed by atoms with Crippen molar-refractivity contribution in [1.82, 2.24) is 9.62 Å². The Morgan fingerprint density at radius 2 is 1.52 bits per heavy atom. The summed E-state index contributed by atoms with van der Waals surface area (Å²) in [5, 5.41) is 4.50. The van der Waals surface area contributed by atoms with E-state index in [1.165, 1.54) is 18.4 Å². The first kappa shape index (κ1) is 18.2. The molecule has 2 aromatic carbocycles. The van der Waals surface area contributed by atoms with Crippen LogP contribution in [0.2, 0.25) is 10.0 Å². The number of sulfonamides is 1. The fraction of sp³-hybridized carbons (Fsp3) is 0.250.